The lowest BCUT2D eigenvalue weighted by Crippen LogP contribution is -2.32. The average molecular weight is 236 g/mol. The molecule has 0 aliphatic carbocycles. The fourth-order valence-corrected chi connectivity index (χ4v) is 2.78. The van der Waals surface area contributed by atoms with Crippen molar-refractivity contribution in [1.82, 2.24) is 14.8 Å². The maximum Gasteiger partial charge on any atom is 0.137 e. The van der Waals surface area contributed by atoms with Gasteiger partial charge in [0.15, 0.2) is 0 Å². The molecule has 2 unspecified atom stereocenters. The van der Waals surface area contributed by atoms with Crippen LogP contribution in [-0.2, 0) is 0 Å². The zero-order chi connectivity index (χ0) is 11.5. The molecule has 2 rings (SSSR count). The Morgan fingerprint density at radius 2 is 2.31 bits per heavy atom. The van der Waals surface area contributed by atoms with Gasteiger partial charge in [-0.3, -0.25) is 0 Å². The smallest absolute Gasteiger partial charge is 0.137 e. The van der Waals surface area contributed by atoms with E-state index in [1.807, 2.05) is 4.68 Å². The van der Waals surface area contributed by atoms with E-state index in [1.165, 1.54) is 9.75 Å². The quantitative estimate of drug-likeness (QED) is 0.883. The van der Waals surface area contributed by atoms with Gasteiger partial charge >= 0.3 is 0 Å². The number of rotatable bonds is 4. The molecule has 0 saturated heterocycles. The summed E-state index contributed by atoms with van der Waals surface area (Å²) >= 11 is 1.77. The van der Waals surface area contributed by atoms with Crippen LogP contribution in [0.3, 0.4) is 0 Å². The molecule has 2 aromatic rings. The van der Waals surface area contributed by atoms with Crippen LogP contribution >= 0.6 is 11.3 Å². The van der Waals surface area contributed by atoms with Crippen LogP contribution in [0.4, 0.5) is 0 Å². The van der Waals surface area contributed by atoms with Crippen LogP contribution in [0.5, 0.6) is 0 Å². The van der Waals surface area contributed by atoms with Crippen LogP contribution in [0.2, 0.25) is 0 Å². The summed E-state index contributed by atoms with van der Waals surface area (Å²) < 4.78 is 1.85. The average Bonchev–Trinajstić information content (AvgIpc) is 2.91. The Morgan fingerprint density at radius 1 is 1.50 bits per heavy atom. The van der Waals surface area contributed by atoms with E-state index in [0.29, 0.717) is 0 Å². The Bertz CT molecular complexity index is 435. The summed E-state index contributed by atoms with van der Waals surface area (Å²) in [5.41, 5.74) is 6.17. The van der Waals surface area contributed by atoms with Gasteiger partial charge in [-0.25, -0.2) is 9.67 Å². The third-order valence-electron chi connectivity index (χ3n) is 2.65. The summed E-state index contributed by atoms with van der Waals surface area (Å²) in [5.74, 6) is 0. The Hall–Kier alpha value is -1.20. The van der Waals surface area contributed by atoms with Gasteiger partial charge in [0, 0.05) is 15.8 Å². The number of hydrogen-bond acceptors (Lipinski definition) is 4. The van der Waals surface area contributed by atoms with E-state index < -0.39 is 0 Å². The summed E-state index contributed by atoms with van der Waals surface area (Å²) in [4.78, 5) is 6.54. The summed E-state index contributed by atoms with van der Waals surface area (Å²) in [6, 6.07) is 4.42. The molecule has 4 nitrogen and oxygen atoms in total. The first-order chi connectivity index (χ1) is 7.72. The van der Waals surface area contributed by atoms with Gasteiger partial charge in [-0.2, -0.15) is 5.10 Å². The fourth-order valence-electron chi connectivity index (χ4n) is 1.73. The normalized spacial score (nSPS) is 14.9. The maximum atomic E-state index is 6.17. The number of aryl methyl sites for hydroxylation is 1. The minimum atomic E-state index is 0.0692. The van der Waals surface area contributed by atoms with Crippen molar-refractivity contribution in [3.05, 3.63) is 34.5 Å². The summed E-state index contributed by atoms with van der Waals surface area (Å²) in [5, 5.41) is 4.20. The van der Waals surface area contributed by atoms with Gasteiger partial charge in [0.2, 0.25) is 0 Å². The lowest BCUT2D eigenvalue weighted by atomic mass is 10.1. The van der Waals surface area contributed by atoms with Gasteiger partial charge in [0.05, 0.1) is 0 Å². The fraction of sp³-hybridized carbons (Fsp3) is 0.455. The van der Waals surface area contributed by atoms with Crippen LogP contribution in [-0.4, -0.2) is 20.8 Å². The molecule has 0 bridgehead atoms. The Balaban J connectivity index is 2.35. The summed E-state index contributed by atoms with van der Waals surface area (Å²) in [6.45, 7) is 4.19. The van der Waals surface area contributed by atoms with Gasteiger partial charge in [0.25, 0.3) is 0 Å². The lowest BCUT2D eigenvalue weighted by Gasteiger charge is -2.21. The second-order valence-corrected chi connectivity index (χ2v) is 5.16. The van der Waals surface area contributed by atoms with Crippen molar-refractivity contribution in [2.24, 2.45) is 5.73 Å². The van der Waals surface area contributed by atoms with Crippen molar-refractivity contribution in [2.75, 3.05) is 0 Å². The molecule has 0 radical (unpaired) electrons. The van der Waals surface area contributed by atoms with Gasteiger partial charge < -0.3 is 5.73 Å². The minimum Gasteiger partial charge on any atom is -0.326 e. The van der Waals surface area contributed by atoms with Gasteiger partial charge in [-0.1, -0.05) is 6.92 Å². The van der Waals surface area contributed by atoms with E-state index in [4.69, 9.17) is 5.73 Å². The van der Waals surface area contributed by atoms with E-state index in [9.17, 15) is 0 Å². The Kier molecular flexibility index (Phi) is 3.36. The number of hydrogen-bond donors (Lipinski definition) is 1. The molecule has 0 saturated carbocycles. The van der Waals surface area contributed by atoms with Crippen molar-refractivity contribution in [2.45, 2.75) is 32.4 Å². The van der Waals surface area contributed by atoms with Gasteiger partial charge in [0.1, 0.15) is 18.7 Å². The van der Waals surface area contributed by atoms with Crippen LogP contribution in [0.15, 0.2) is 24.8 Å². The molecule has 0 spiro atoms. The molecule has 0 fully saturated rings. The topological polar surface area (TPSA) is 56.7 Å². The molecule has 16 heavy (non-hydrogen) atoms. The first-order valence-corrected chi connectivity index (χ1v) is 6.20. The highest BCUT2D eigenvalue weighted by Crippen LogP contribution is 2.28. The third kappa shape index (κ3) is 2.15. The van der Waals surface area contributed by atoms with Gasteiger partial charge in [-0.15, -0.1) is 11.3 Å². The second kappa shape index (κ2) is 4.76. The van der Waals surface area contributed by atoms with Crippen LogP contribution < -0.4 is 5.73 Å². The van der Waals surface area contributed by atoms with Crippen molar-refractivity contribution in [3.8, 4) is 0 Å². The molecule has 2 atom stereocenters. The standard InChI is InChI=1S/C11H16N4S/c1-3-9(12)11(15-7-13-6-14-15)10-5-4-8(2)16-10/h4-7,9,11H,3,12H2,1-2H3. The molecule has 0 amide bonds. The van der Waals surface area contributed by atoms with Crippen molar-refractivity contribution in [3.63, 3.8) is 0 Å². The van der Waals surface area contributed by atoms with Crippen molar-refractivity contribution in [1.29, 1.82) is 0 Å². The van der Waals surface area contributed by atoms with E-state index in [-0.39, 0.29) is 12.1 Å². The second-order valence-electron chi connectivity index (χ2n) is 3.84. The predicted octanol–water partition coefficient (Wildman–Crippen LogP) is 1.97. The molecule has 2 heterocycles. The monoisotopic (exact) mass is 236 g/mol. The van der Waals surface area contributed by atoms with Crippen molar-refractivity contribution < 1.29 is 0 Å². The van der Waals surface area contributed by atoms with E-state index in [2.05, 4.69) is 36.1 Å². The van der Waals surface area contributed by atoms with E-state index in [0.717, 1.165) is 6.42 Å². The predicted molar refractivity (Wildman–Crippen MR) is 65.5 cm³/mol. The van der Waals surface area contributed by atoms with Gasteiger partial charge in [-0.05, 0) is 25.5 Å². The van der Waals surface area contributed by atoms with Crippen LogP contribution in [0.1, 0.15) is 29.1 Å². The first-order valence-electron chi connectivity index (χ1n) is 5.38. The van der Waals surface area contributed by atoms with Crippen molar-refractivity contribution >= 4 is 11.3 Å². The Morgan fingerprint density at radius 3 is 2.81 bits per heavy atom. The molecule has 86 valence electrons. The molecular formula is C11H16N4S. The Labute approximate surface area is 99.1 Å². The highest BCUT2D eigenvalue weighted by atomic mass is 32.1. The largest absolute Gasteiger partial charge is 0.326 e. The molecule has 0 aliphatic rings. The SMILES string of the molecule is CCC(N)C(c1ccc(C)s1)n1cncn1. The van der Waals surface area contributed by atoms with Crippen LogP contribution in [0, 0.1) is 6.92 Å². The highest BCUT2D eigenvalue weighted by Gasteiger charge is 2.22. The molecule has 0 aliphatic heterocycles. The number of aromatic nitrogens is 3. The molecule has 0 aromatic carbocycles. The third-order valence-corrected chi connectivity index (χ3v) is 3.72. The number of nitrogens with two attached hydrogens (primary N) is 1. The molecular weight excluding hydrogens is 220 g/mol. The molecule has 2 aromatic heterocycles. The minimum absolute atomic E-state index is 0.0692. The van der Waals surface area contributed by atoms with E-state index in [1.54, 1.807) is 24.0 Å². The number of thiophene rings is 1. The molecule has 2 N–H and O–H groups in total. The highest BCUT2D eigenvalue weighted by molar-refractivity contribution is 7.12. The first kappa shape index (κ1) is 11.3. The number of nitrogens with zero attached hydrogens (tertiary/aromatic N) is 3. The lowest BCUT2D eigenvalue weighted by molar-refractivity contribution is 0.429. The summed E-state index contributed by atoms with van der Waals surface area (Å²) in [6.07, 6.45) is 4.20. The van der Waals surface area contributed by atoms with E-state index >= 15 is 0 Å². The zero-order valence-corrected chi connectivity index (χ0v) is 10.3. The summed E-state index contributed by atoms with van der Waals surface area (Å²) in [7, 11) is 0. The maximum absolute atomic E-state index is 6.17. The molecule has 5 heteroatoms. The van der Waals surface area contributed by atoms with Crippen LogP contribution in [0.25, 0.3) is 0 Å². The zero-order valence-electron chi connectivity index (χ0n) is 9.50.